The highest BCUT2D eigenvalue weighted by Crippen LogP contribution is 2.24. The van der Waals surface area contributed by atoms with Gasteiger partial charge in [0.1, 0.15) is 17.4 Å². The van der Waals surface area contributed by atoms with E-state index in [0.29, 0.717) is 5.69 Å². The molecule has 2 rings (SSSR count). The highest BCUT2D eigenvalue weighted by Gasteiger charge is 2.13. The Hall–Kier alpha value is -2.39. The summed E-state index contributed by atoms with van der Waals surface area (Å²) in [4.78, 5) is 0.243. The van der Waals surface area contributed by atoms with Gasteiger partial charge in [-0.3, -0.25) is 0 Å². The smallest absolute Gasteiger partial charge is 0.175 e. The lowest BCUT2D eigenvalue weighted by Gasteiger charge is -2.17. The molecule has 1 N–H and O–H groups in total. The van der Waals surface area contributed by atoms with Gasteiger partial charge in [0, 0.05) is 12.3 Å². The van der Waals surface area contributed by atoms with Crippen molar-refractivity contribution in [2.45, 2.75) is 17.9 Å². The third-order valence-corrected chi connectivity index (χ3v) is 4.43. The Labute approximate surface area is 129 Å². The molecule has 0 aliphatic rings. The van der Waals surface area contributed by atoms with Gasteiger partial charge in [-0.05, 0) is 36.8 Å². The molecule has 0 aliphatic heterocycles. The maximum absolute atomic E-state index is 13.6. The van der Waals surface area contributed by atoms with E-state index < -0.39 is 15.7 Å². The van der Waals surface area contributed by atoms with Gasteiger partial charge >= 0.3 is 0 Å². The predicted molar refractivity (Wildman–Crippen MR) is 82.7 cm³/mol. The van der Waals surface area contributed by atoms with Crippen LogP contribution in [0.15, 0.2) is 47.4 Å². The largest absolute Gasteiger partial charge is 0.377 e. The molecule has 1 unspecified atom stereocenters. The Balaban J connectivity index is 2.25. The standard InChI is InChI=1S/C16H15FN2O2S/c1-11(12-6-8-13(9-7-12)22(2,20)21)19-16-5-3-4-15(17)14(16)10-18/h3-9,11,19H,1-2H3. The first-order chi connectivity index (χ1) is 10.3. The molecule has 0 aromatic heterocycles. The van der Waals surface area contributed by atoms with Gasteiger partial charge in [-0.25, -0.2) is 12.8 Å². The van der Waals surface area contributed by atoms with E-state index in [1.807, 2.05) is 13.0 Å². The minimum Gasteiger partial charge on any atom is -0.377 e. The lowest BCUT2D eigenvalue weighted by Crippen LogP contribution is -2.09. The Kier molecular flexibility index (Phi) is 4.48. The van der Waals surface area contributed by atoms with E-state index in [0.717, 1.165) is 11.8 Å². The topological polar surface area (TPSA) is 70.0 Å². The molecule has 6 heteroatoms. The number of benzene rings is 2. The molecule has 2 aromatic rings. The van der Waals surface area contributed by atoms with Gasteiger partial charge in [0.2, 0.25) is 0 Å². The van der Waals surface area contributed by atoms with Crippen LogP contribution in [-0.4, -0.2) is 14.7 Å². The molecule has 0 spiro atoms. The fourth-order valence-corrected chi connectivity index (χ4v) is 2.71. The summed E-state index contributed by atoms with van der Waals surface area (Å²) >= 11 is 0. The highest BCUT2D eigenvalue weighted by molar-refractivity contribution is 7.90. The van der Waals surface area contributed by atoms with Crippen LogP contribution in [0, 0.1) is 17.1 Å². The van der Waals surface area contributed by atoms with Gasteiger partial charge in [-0.15, -0.1) is 0 Å². The van der Waals surface area contributed by atoms with Crippen molar-refractivity contribution in [1.82, 2.24) is 0 Å². The monoisotopic (exact) mass is 318 g/mol. The first-order valence-corrected chi connectivity index (χ1v) is 8.47. The summed E-state index contributed by atoms with van der Waals surface area (Å²) in [7, 11) is -3.23. The van der Waals surface area contributed by atoms with Crippen LogP contribution in [0.4, 0.5) is 10.1 Å². The minimum atomic E-state index is -3.23. The normalized spacial score (nSPS) is 12.5. The van der Waals surface area contributed by atoms with Crippen LogP contribution in [0.3, 0.4) is 0 Å². The van der Waals surface area contributed by atoms with E-state index in [2.05, 4.69) is 5.32 Å². The fourth-order valence-electron chi connectivity index (χ4n) is 2.08. The summed E-state index contributed by atoms with van der Waals surface area (Å²) in [6.45, 7) is 1.85. The van der Waals surface area contributed by atoms with Crippen molar-refractivity contribution >= 4 is 15.5 Å². The number of nitriles is 1. The van der Waals surface area contributed by atoms with Crippen molar-refractivity contribution in [3.05, 3.63) is 59.4 Å². The molecule has 0 aliphatic carbocycles. The van der Waals surface area contributed by atoms with Gasteiger partial charge in [0.25, 0.3) is 0 Å². The molecule has 22 heavy (non-hydrogen) atoms. The second kappa shape index (κ2) is 6.16. The molecule has 4 nitrogen and oxygen atoms in total. The molecule has 0 fully saturated rings. The van der Waals surface area contributed by atoms with Crippen molar-refractivity contribution in [1.29, 1.82) is 5.26 Å². The van der Waals surface area contributed by atoms with Crippen LogP contribution < -0.4 is 5.32 Å². The number of hydrogen-bond acceptors (Lipinski definition) is 4. The van der Waals surface area contributed by atoms with E-state index in [-0.39, 0.29) is 16.5 Å². The van der Waals surface area contributed by atoms with Crippen LogP contribution in [0.2, 0.25) is 0 Å². The van der Waals surface area contributed by atoms with Crippen LogP contribution in [0.25, 0.3) is 0 Å². The maximum Gasteiger partial charge on any atom is 0.175 e. The molecule has 0 saturated carbocycles. The molecule has 0 amide bonds. The quantitative estimate of drug-likeness (QED) is 0.939. The Bertz CT molecular complexity index is 824. The number of nitrogens with one attached hydrogen (secondary N) is 1. The fraction of sp³-hybridized carbons (Fsp3) is 0.188. The van der Waals surface area contributed by atoms with Crippen LogP contribution in [0.5, 0.6) is 0 Å². The first-order valence-electron chi connectivity index (χ1n) is 6.58. The lowest BCUT2D eigenvalue weighted by molar-refractivity contribution is 0.601. The molecule has 2 aromatic carbocycles. The van der Waals surface area contributed by atoms with E-state index in [4.69, 9.17) is 5.26 Å². The Morgan fingerprint density at radius 1 is 1.18 bits per heavy atom. The van der Waals surface area contributed by atoms with Crippen molar-refractivity contribution in [2.24, 2.45) is 0 Å². The third-order valence-electron chi connectivity index (χ3n) is 3.31. The maximum atomic E-state index is 13.6. The lowest BCUT2D eigenvalue weighted by atomic mass is 10.1. The SMILES string of the molecule is CC(Nc1cccc(F)c1C#N)c1ccc(S(C)(=O)=O)cc1. The average molecular weight is 318 g/mol. The number of nitrogens with zero attached hydrogens (tertiary/aromatic N) is 1. The summed E-state index contributed by atoms with van der Waals surface area (Å²) in [5.74, 6) is -0.577. The van der Waals surface area contributed by atoms with Crippen LogP contribution in [-0.2, 0) is 9.84 Å². The highest BCUT2D eigenvalue weighted by atomic mass is 32.2. The molecular formula is C16H15FN2O2S. The van der Waals surface area contributed by atoms with Crippen molar-refractivity contribution in [3.63, 3.8) is 0 Å². The van der Waals surface area contributed by atoms with Gasteiger partial charge in [-0.1, -0.05) is 18.2 Å². The van der Waals surface area contributed by atoms with E-state index in [1.54, 1.807) is 18.2 Å². The zero-order chi connectivity index (χ0) is 16.3. The van der Waals surface area contributed by atoms with E-state index >= 15 is 0 Å². The summed E-state index contributed by atoms with van der Waals surface area (Å²) in [6, 6.07) is 12.5. The summed E-state index contributed by atoms with van der Waals surface area (Å²) in [6.07, 6.45) is 1.15. The summed E-state index contributed by atoms with van der Waals surface area (Å²) in [5.41, 5.74) is 1.20. The van der Waals surface area contributed by atoms with Crippen molar-refractivity contribution < 1.29 is 12.8 Å². The Morgan fingerprint density at radius 2 is 1.82 bits per heavy atom. The average Bonchev–Trinajstić information content (AvgIpc) is 2.47. The number of rotatable bonds is 4. The molecule has 0 saturated heterocycles. The second-order valence-corrected chi connectivity index (χ2v) is 7.00. The molecule has 1 atom stereocenters. The van der Waals surface area contributed by atoms with E-state index in [9.17, 15) is 12.8 Å². The first kappa shape index (κ1) is 16.0. The van der Waals surface area contributed by atoms with Gasteiger partial charge in [0.15, 0.2) is 9.84 Å². The van der Waals surface area contributed by atoms with Crippen LogP contribution in [0.1, 0.15) is 24.1 Å². The van der Waals surface area contributed by atoms with Crippen molar-refractivity contribution in [3.8, 4) is 6.07 Å². The predicted octanol–water partition coefficient (Wildman–Crippen LogP) is 3.27. The van der Waals surface area contributed by atoms with Gasteiger partial charge < -0.3 is 5.32 Å². The second-order valence-electron chi connectivity index (χ2n) is 4.98. The number of halogens is 1. The van der Waals surface area contributed by atoms with Gasteiger partial charge in [-0.2, -0.15) is 5.26 Å². The van der Waals surface area contributed by atoms with Crippen molar-refractivity contribution in [2.75, 3.05) is 11.6 Å². The van der Waals surface area contributed by atoms with Gasteiger partial charge in [0.05, 0.1) is 10.6 Å². The zero-order valence-electron chi connectivity index (χ0n) is 12.2. The molecule has 114 valence electrons. The third kappa shape index (κ3) is 3.43. The summed E-state index contributed by atoms with van der Waals surface area (Å²) in [5, 5.41) is 12.1. The zero-order valence-corrected chi connectivity index (χ0v) is 13.0. The number of sulfone groups is 1. The van der Waals surface area contributed by atoms with E-state index in [1.165, 1.54) is 24.3 Å². The number of anilines is 1. The molecule has 0 radical (unpaired) electrons. The minimum absolute atomic E-state index is 0.0397. The van der Waals surface area contributed by atoms with Crippen LogP contribution >= 0.6 is 0 Å². The summed E-state index contributed by atoms with van der Waals surface area (Å²) < 4.78 is 36.4. The molecule has 0 heterocycles. The molecule has 0 bridgehead atoms. The Morgan fingerprint density at radius 3 is 2.36 bits per heavy atom. The molecular weight excluding hydrogens is 303 g/mol. The number of hydrogen-bond donors (Lipinski definition) is 1.